The van der Waals surface area contributed by atoms with E-state index in [1.807, 2.05) is 36.1 Å². The zero-order chi connectivity index (χ0) is 19.5. The van der Waals surface area contributed by atoms with Gasteiger partial charge in [0.15, 0.2) is 0 Å². The molecule has 0 aliphatic carbocycles. The third-order valence-corrected chi connectivity index (χ3v) is 5.69. The van der Waals surface area contributed by atoms with Crippen LogP contribution in [0.1, 0.15) is 48.5 Å². The lowest BCUT2D eigenvalue weighted by Crippen LogP contribution is -2.29. The molecule has 4 rings (SSSR count). The second-order valence-corrected chi connectivity index (χ2v) is 7.54. The van der Waals surface area contributed by atoms with Crippen molar-refractivity contribution >= 4 is 28.9 Å². The van der Waals surface area contributed by atoms with Crippen LogP contribution in [0, 0.1) is 0 Å². The minimum atomic E-state index is -0.117. The van der Waals surface area contributed by atoms with Crippen molar-refractivity contribution in [1.82, 2.24) is 0 Å². The molecule has 0 atom stereocenters. The number of fused-ring (bicyclic) bond motifs is 1. The van der Waals surface area contributed by atoms with Crippen LogP contribution in [0.25, 0.3) is 0 Å². The van der Waals surface area contributed by atoms with Crippen LogP contribution in [0.15, 0.2) is 42.5 Å². The van der Waals surface area contributed by atoms with Gasteiger partial charge in [0, 0.05) is 48.7 Å². The zero-order valence-corrected chi connectivity index (χ0v) is 16.4. The van der Waals surface area contributed by atoms with E-state index in [1.54, 1.807) is 6.07 Å². The van der Waals surface area contributed by atoms with Crippen LogP contribution in [-0.2, 0) is 11.2 Å². The fourth-order valence-corrected chi connectivity index (χ4v) is 4.10. The summed E-state index contributed by atoms with van der Waals surface area (Å²) in [6, 6.07) is 13.7. The molecule has 2 aliphatic rings. The maximum Gasteiger partial charge on any atom is 0.255 e. The van der Waals surface area contributed by atoms with Crippen LogP contribution in [-0.4, -0.2) is 31.4 Å². The molecule has 2 aromatic carbocycles. The van der Waals surface area contributed by atoms with Crippen LogP contribution >= 0.6 is 0 Å². The Bertz CT molecular complexity index is 870. The number of rotatable bonds is 4. The summed E-state index contributed by atoms with van der Waals surface area (Å²) in [5.74, 6) is 0.0125. The van der Waals surface area contributed by atoms with E-state index in [4.69, 9.17) is 0 Å². The molecular formula is C23H27N3O2. The summed E-state index contributed by atoms with van der Waals surface area (Å²) in [6.45, 7) is 4.79. The van der Waals surface area contributed by atoms with Crippen molar-refractivity contribution in [3.8, 4) is 0 Å². The Morgan fingerprint density at radius 2 is 1.71 bits per heavy atom. The summed E-state index contributed by atoms with van der Waals surface area (Å²) in [5, 5.41) is 2.99. The lowest BCUT2D eigenvalue weighted by molar-refractivity contribution is -0.118. The monoisotopic (exact) mass is 377 g/mol. The van der Waals surface area contributed by atoms with E-state index in [1.165, 1.54) is 24.9 Å². The van der Waals surface area contributed by atoms with Gasteiger partial charge in [0.2, 0.25) is 5.91 Å². The van der Waals surface area contributed by atoms with Crippen molar-refractivity contribution in [1.29, 1.82) is 0 Å². The van der Waals surface area contributed by atoms with Crippen molar-refractivity contribution < 1.29 is 9.59 Å². The van der Waals surface area contributed by atoms with Gasteiger partial charge in [-0.2, -0.15) is 0 Å². The molecule has 5 heteroatoms. The van der Waals surface area contributed by atoms with Crippen molar-refractivity contribution in [2.45, 2.75) is 39.0 Å². The molecule has 28 heavy (non-hydrogen) atoms. The largest absolute Gasteiger partial charge is 0.372 e. The Morgan fingerprint density at radius 3 is 2.43 bits per heavy atom. The predicted octanol–water partition coefficient (Wildman–Crippen LogP) is 4.23. The molecule has 1 N–H and O–H groups in total. The molecule has 0 saturated carbocycles. The minimum Gasteiger partial charge on any atom is -0.372 e. The number of carbonyl (C=O) groups excluding carboxylic acids is 2. The topological polar surface area (TPSA) is 52.7 Å². The van der Waals surface area contributed by atoms with E-state index < -0.39 is 0 Å². The fourth-order valence-electron chi connectivity index (χ4n) is 4.10. The molecule has 0 radical (unpaired) electrons. The first kappa shape index (κ1) is 18.5. The highest BCUT2D eigenvalue weighted by Gasteiger charge is 2.24. The number of nitrogens with one attached hydrogen (secondary N) is 1. The Hall–Kier alpha value is -2.82. The number of amides is 2. The standard InChI is InChI=1S/C23H27N3O2/c1-2-22(27)26-15-12-17-16-18(6-11-21(17)26)23(28)24-19-7-9-20(10-8-19)25-13-4-3-5-14-25/h6-11,16H,2-5,12-15H2,1H3,(H,24,28). The summed E-state index contributed by atoms with van der Waals surface area (Å²) in [6.07, 6.45) is 5.10. The molecule has 1 fully saturated rings. The zero-order valence-electron chi connectivity index (χ0n) is 16.4. The Kier molecular flexibility index (Phi) is 5.33. The van der Waals surface area contributed by atoms with Gasteiger partial charge < -0.3 is 15.1 Å². The molecule has 0 bridgehead atoms. The maximum atomic E-state index is 12.7. The molecule has 2 aromatic rings. The highest BCUT2D eigenvalue weighted by Crippen LogP contribution is 2.30. The summed E-state index contributed by atoms with van der Waals surface area (Å²) < 4.78 is 0. The molecule has 0 spiro atoms. The lowest BCUT2D eigenvalue weighted by Gasteiger charge is -2.28. The highest BCUT2D eigenvalue weighted by molar-refractivity contribution is 6.05. The van der Waals surface area contributed by atoms with E-state index in [9.17, 15) is 9.59 Å². The smallest absolute Gasteiger partial charge is 0.255 e. The van der Waals surface area contributed by atoms with Crippen molar-refractivity contribution in [3.05, 3.63) is 53.6 Å². The number of anilines is 3. The quantitative estimate of drug-likeness (QED) is 0.868. The van der Waals surface area contributed by atoms with Crippen molar-refractivity contribution in [3.63, 3.8) is 0 Å². The molecule has 5 nitrogen and oxygen atoms in total. The first-order valence-electron chi connectivity index (χ1n) is 10.3. The van der Waals surface area contributed by atoms with Crippen LogP contribution in [0.2, 0.25) is 0 Å². The normalized spacial score (nSPS) is 16.0. The molecule has 2 aliphatic heterocycles. The van der Waals surface area contributed by atoms with Gasteiger partial charge in [-0.3, -0.25) is 9.59 Å². The number of hydrogen-bond donors (Lipinski definition) is 1. The maximum absolute atomic E-state index is 12.7. The molecule has 2 heterocycles. The van der Waals surface area contributed by atoms with E-state index in [0.717, 1.165) is 36.4 Å². The molecule has 2 amide bonds. The number of hydrogen-bond acceptors (Lipinski definition) is 3. The van der Waals surface area contributed by atoms with Gasteiger partial charge in [-0.15, -0.1) is 0 Å². The first-order chi connectivity index (χ1) is 13.7. The number of nitrogens with zero attached hydrogens (tertiary/aromatic N) is 2. The van der Waals surface area contributed by atoms with E-state index in [2.05, 4.69) is 22.3 Å². The molecule has 0 aromatic heterocycles. The van der Waals surface area contributed by atoms with Crippen LogP contribution in [0.4, 0.5) is 17.1 Å². The van der Waals surface area contributed by atoms with Gasteiger partial charge in [-0.25, -0.2) is 0 Å². The summed E-state index contributed by atoms with van der Waals surface area (Å²) >= 11 is 0. The van der Waals surface area contributed by atoms with E-state index in [0.29, 0.717) is 18.5 Å². The van der Waals surface area contributed by atoms with Crippen molar-refractivity contribution in [2.75, 3.05) is 34.8 Å². The second-order valence-electron chi connectivity index (χ2n) is 7.54. The summed E-state index contributed by atoms with van der Waals surface area (Å²) in [5.41, 5.74) is 4.65. The van der Waals surface area contributed by atoms with Gasteiger partial charge in [0.1, 0.15) is 0 Å². The highest BCUT2D eigenvalue weighted by atomic mass is 16.2. The summed E-state index contributed by atoms with van der Waals surface area (Å²) in [4.78, 5) is 28.9. The van der Waals surface area contributed by atoms with Crippen molar-refractivity contribution in [2.24, 2.45) is 0 Å². The molecule has 146 valence electrons. The lowest BCUT2D eigenvalue weighted by atomic mass is 10.1. The molecule has 0 unspecified atom stereocenters. The molecule has 1 saturated heterocycles. The van der Waals surface area contributed by atoms with Crippen LogP contribution < -0.4 is 15.1 Å². The van der Waals surface area contributed by atoms with Crippen LogP contribution in [0.5, 0.6) is 0 Å². The van der Waals surface area contributed by atoms with Gasteiger partial charge >= 0.3 is 0 Å². The van der Waals surface area contributed by atoms with E-state index in [-0.39, 0.29) is 11.8 Å². The number of piperidine rings is 1. The average molecular weight is 377 g/mol. The SMILES string of the molecule is CCC(=O)N1CCc2cc(C(=O)Nc3ccc(N4CCCCC4)cc3)ccc21. The third-order valence-electron chi connectivity index (χ3n) is 5.69. The Balaban J connectivity index is 1.43. The van der Waals surface area contributed by atoms with Gasteiger partial charge in [-0.05, 0) is 73.7 Å². The predicted molar refractivity (Wildman–Crippen MR) is 113 cm³/mol. The Morgan fingerprint density at radius 1 is 0.964 bits per heavy atom. The summed E-state index contributed by atoms with van der Waals surface area (Å²) in [7, 11) is 0. The minimum absolute atomic E-state index is 0.117. The van der Waals surface area contributed by atoms with E-state index >= 15 is 0 Å². The third kappa shape index (κ3) is 3.75. The fraction of sp³-hybridized carbons (Fsp3) is 0.391. The Labute approximate surface area is 166 Å². The first-order valence-corrected chi connectivity index (χ1v) is 10.3. The average Bonchev–Trinajstić information content (AvgIpc) is 3.17. The number of carbonyl (C=O) groups is 2. The van der Waals surface area contributed by atoms with Crippen LogP contribution in [0.3, 0.4) is 0 Å². The molecular weight excluding hydrogens is 350 g/mol. The van der Waals surface area contributed by atoms with Gasteiger partial charge in [-0.1, -0.05) is 6.92 Å². The second kappa shape index (κ2) is 8.05. The van der Waals surface area contributed by atoms with Gasteiger partial charge in [0.05, 0.1) is 0 Å². The number of benzene rings is 2. The van der Waals surface area contributed by atoms with Gasteiger partial charge in [0.25, 0.3) is 5.91 Å².